The molecule has 0 saturated heterocycles. The summed E-state index contributed by atoms with van der Waals surface area (Å²) in [4.78, 5) is 0. The molecule has 1 unspecified atom stereocenters. The van der Waals surface area contributed by atoms with Crippen molar-refractivity contribution in [2.75, 3.05) is 14.2 Å². The first-order valence-electron chi connectivity index (χ1n) is 6.67. The number of rotatable bonds is 6. The minimum absolute atomic E-state index is 0.414. The van der Waals surface area contributed by atoms with Crippen LogP contribution in [0, 0.1) is 11.3 Å². The molecule has 4 nitrogen and oxygen atoms in total. The molecule has 1 N–H and O–H groups in total. The van der Waals surface area contributed by atoms with Crippen molar-refractivity contribution in [3.8, 4) is 17.6 Å². The number of ether oxygens (including phenoxy) is 2. The van der Waals surface area contributed by atoms with Gasteiger partial charge in [0.25, 0.3) is 0 Å². The van der Waals surface area contributed by atoms with Crippen molar-refractivity contribution in [1.29, 1.82) is 5.26 Å². The molecule has 2 rings (SSSR count). The lowest BCUT2D eigenvalue weighted by Crippen LogP contribution is -2.20. The van der Waals surface area contributed by atoms with Crippen LogP contribution in [0.15, 0.2) is 48.5 Å². The smallest absolute Gasteiger partial charge is 0.125 e. The van der Waals surface area contributed by atoms with Gasteiger partial charge in [-0.25, -0.2) is 0 Å². The Labute approximate surface area is 124 Å². The molecule has 0 amide bonds. The minimum atomic E-state index is -0.414. The van der Waals surface area contributed by atoms with Gasteiger partial charge in [0.1, 0.15) is 17.5 Å². The lowest BCUT2D eigenvalue weighted by molar-refractivity contribution is 0.405. The molecule has 0 heterocycles. The summed E-state index contributed by atoms with van der Waals surface area (Å²) in [6.07, 6.45) is 0. The minimum Gasteiger partial charge on any atom is -0.497 e. The summed E-state index contributed by atoms with van der Waals surface area (Å²) in [5.41, 5.74) is 1.93. The zero-order valence-corrected chi connectivity index (χ0v) is 12.2. The molecule has 0 aliphatic heterocycles. The Balaban J connectivity index is 2.07. The van der Waals surface area contributed by atoms with E-state index in [-0.39, 0.29) is 0 Å². The van der Waals surface area contributed by atoms with Crippen molar-refractivity contribution in [3.05, 3.63) is 59.7 Å². The van der Waals surface area contributed by atoms with E-state index in [1.165, 1.54) is 0 Å². The highest BCUT2D eigenvalue weighted by molar-refractivity contribution is 5.38. The number of methoxy groups -OCH3 is 2. The van der Waals surface area contributed by atoms with Crippen LogP contribution in [0.4, 0.5) is 0 Å². The Kier molecular flexibility index (Phi) is 5.19. The van der Waals surface area contributed by atoms with Gasteiger partial charge >= 0.3 is 0 Å². The summed E-state index contributed by atoms with van der Waals surface area (Å²) in [5.74, 6) is 1.53. The summed E-state index contributed by atoms with van der Waals surface area (Å²) < 4.78 is 10.4. The van der Waals surface area contributed by atoms with E-state index in [4.69, 9.17) is 9.47 Å². The molecule has 0 aliphatic carbocycles. The molecule has 2 aromatic rings. The van der Waals surface area contributed by atoms with Gasteiger partial charge in [-0.2, -0.15) is 5.26 Å². The Morgan fingerprint density at radius 3 is 2.38 bits per heavy atom. The zero-order chi connectivity index (χ0) is 15.1. The third kappa shape index (κ3) is 3.74. The topological polar surface area (TPSA) is 54.3 Å². The van der Waals surface area contributed by atoms with Gasteiger partial charge in [0.2, 0.25) is 0 Å². The first-order chi connectivity index (χ1) is 10.3. The third-order valence-electron chi connectivity index (χ3n) is 3.25. The maximum Gasteiger partial charge on any atom is 0.125 e. The van der Waals surface area contributed by atoms with E-state index >= 15 is 0 Å². The van der Waals surface area contributed by atoms with Crippen LogP contribution in [0.1, 0.15) is 17.2 Å². The second-order valence-electron chi connectivity index (χ2n) is 4.53. The summed E-state index contributed by atoms with van der Waals surface area (Å²) in [7, 11) is 3.25. The van der Waals surface area contributed by atoms with Gasteiger partial charge in [0, 0.05) is 12.1 Å². The predicted octanol–water partition coefficient (Wildman–Crippen LogP) is 3.06. The molecule has 1 atom stereocenters. The van der Waals surface area contributed by atoms with Crippen LogP contribution in [0.3, 0.4) is 0 Å². The van der Waals surface area contributed by atoms with Crippen LogP contribution in [0.2, 0.25) is 0 Å². The Bertz CT molecular complexity index is 617. The summed E-state index contributed by atoms with van der Waals surface area (Å²) >= 11 is 0. The molecule has 2 aromatic carbocycles. The summed E-state index contributed by atoms with van der Waals surface area (Å²) in [5, 5.41) is 12.6. The van der Waals surface area contributed by atoms with Gasteiger partial charge in [-0.15, -0.1) is 0 Å². The van der Waals surface area contributed by atoms with Gasteiger partial charge in [-0.05, 0) is 23.8 Å². The number of nitrogens with one attached hydrogen (secondary N) is 1. The third-order valence-corrected chi connectivity index (χ3v) is 3.25. The fraction of sp³-hybridized carbons (Fsp3) is 0.235. The van der Waals surface area contributed by atoms with Crippen LogP contribution in [-0.2, 0) is 6.54 Å². The molecule has 21 heavy (non-hydrogen) atoms. The molecule has 0 aromatic heterocycles. The van der Waals surface area contributed by atoms with Crippen LogP contribution in [-0.4, -0.2) is 14.2 Å². The molecule has 0 saturated carbocycles. The van der Waals surface area contributed by atoms with Crippen LogP contribution < -0.4 is 14.8 Å². The lowest BCUT2D eigenvalue weighted by atomic mass is 10.1. The van der Waals surface area contributed by atoms with Crippen molar-refractivity contribution in [2.24, 2.45) is 0 Å². The number of hydrogen-bond donors (Lipinski definition) is 1. The highest BCUT2D eigenvalue weighted by Crippen LogP contribution is 2.24. The van der Waals surface area contributed by atoms with Crippen LogP contribution in [0.25, 0.3) is 0 Å². The standard InChI is InChI=1S/C17H18N2O2/c1-20-14-9-7-13(8-10-14)12-19-16(11-18)15-5-3-4-6-17(15)21-2/h3-10,16,19H,12H2,1-2H3. The van der Waals surface area contributed by atoms with Crippen LogP contribution in [0.5, 0.6) is 11.5 Å². The average molecular weight is 282 g/mol. The second kappa shape index (κ2) is 7.32. The number of hydrogen-bond acceptors (Lipinski definition) is 4. The van der Waals surface area contributed by atoms with Gasteiger partial charge in [-0.1, -0.05) is 30.3 Å². The first kappa shape index (κ1) is 14.9. The molecule has 108 valence electrons. The van der Waals surface area contributed by atoms with Crippen molar-refractivity contribution >= 4 is 0 Å². The van der Waals surface area contributed by atoms with E-state index in [2.05, 4.69) is 11.4 Å². The molecular formula is C17H18N2O2. The van der Waals surface area contributed by atoms with E-state index in [9.17, 15) is 5.26 Å². The molecule has 0 aliphatic rings. The second-order valence-corrected chi connectivity index (χ2v) is 4.53. The molecule has 0 bridgehead atoms. The normalized spacial score (nSPS) is 11.5. The lowest BCUT2D eigenvalue weighted by Gasteiger charge is -2.15. The van der Waals surface area contributed by atoms with E-state index < -0.39 is 6.04 Å². The largest absolute Gasteiger partial charge is 0.497 e. The molecular weight excluding hydrogens is 264 g/mol. The number of para-hydroxylation sites is 1. The van der Waals surface area contributed by atoms with Crippen molar-refractivity contribution < 1.29 is 9.47 Å². The van der Waals surface area contributed by atoms with Gasteiger partial charge in [0.15, 0.2) is 0 Å². The maximum atomic E-state index is 9.37. The van der Waals surface area contributed by atoms with Gasteiger partial charge < -0.3 is 9.47 Å². The SMILES string of the molecule is COc1ccc(CNC(C#N)c2ccccc2OC)cc1. The summed E-state index contributed by atoms with van der Waals surface area (Å²) in [6.45, 7) is 0.597. The van der Waals surface area contributed by atoms with Gasteiger partial charge in [-0.3, -0.25) is 5.32 Å². The van der Waals surface area contributed by atoms with E-state index in [1.54, 1.807) is 14.2 Å². The van der Waals surface area contributed by atoms with Crippen molar-refractivity contribution in [1.82, 2.24) is 5.32 Å². The Morgan fingerprint density at radius 2 is 1.76 bits per heavy atom. The quantitative estimate of drug-likeness (QED) is 0.884. The van der Waals surface area contributed by atoms with E-state index in [0.29, 0.717) is 12.3 Å². The fourth-order valence-corrected chi connectivity index (χ4v) is 2.09. The average Bonchev–Trinajstić information content (AvgIpc) is 2.56. The number of benzene rings is 2. The van der Waals surface area contributed by atoms with E-state index in [1.807, 2.05) is 48.5 Å². The molecule has 0 spiro atoms. The van der Waals surface area contributed by atoms with Crippen LogP contribution >= 0.6 is 0 Å². The fourth-order valence-electron chi connectivity index (χ4n) is 2.09. The molecule has 4 heteroatoms. The highest BCUT2D eigenvalue weighted by atomic mass is 16.5. The van der Waals surface area contributed by atoms with Gasteiger partial charge in [0.05, 0.1) is 20.3 Å². The van der Waals surface area contributed by atoms with Crippen molar-refractivity contribution in [3.63, 3.8) is 0 Å². The van der Waals surface area contributed by atoms with Crippen molar-refractivity contribution in [2.45, 2.75) is 12.6 Å². The Morgan fingerprint density at radius 1 is 1.05 bits per heavy atom. The first-order valence-corrected chi connectivity index (χ1v) is 6.67. The molecule has 0 fully saturated rings. The molecule has 0 radical (unpaired) electrons. The zero-order valence-electron chi connectivity index (χ0n) is 12.2. The summed E-state index contributed by atoms with van der Waals surface area (Å²) in [6, 6.07) is 17.2. The monoisotopic (exact) mass is 282 g/mol. The van der Waals surface area contributed by atoms with E-state index in [0.717, 1.165) is 16.9 Å². The maximum absolute atomic E-state index is 9.37. The Hall–Kier alpha value is -2.51. The predicted molar refractivity (Wildman–Crippen MR) is 81.2 cm³/mol. The number of nitriles is 1. The number of nitrogens with zero attached hydrogens (tertiary/aromatic N) is 1. The highest BCUT2D eigenvalue weighted by Gasteiger charge is 2.14.